The molecule has 646 valence electrons. The number of rotatable bonds is 28. The maximum atomic E-state index is 15.3. The monoisotopic (exact) mass is 1670 g/mol. The van der Waals surface area contributed by atoms with Crippen LogP contribution in [0.15, 0.2) is 194 Å². The average Bonchev–Trinajstić information content (AvgIpc) is 1.59. The minimum absolute atomic E-state index is 0.194. The van der Waals surface area contributed by atoms with E-state index in [1.807, 2.05) is 24.3 Å². The van der Waals surface area contributed by atoms with Gasteiger partial charge in [0.25, 0.3) is 23.6 Å². The number of carbonyl (C=O) groups excluding carboxylic acids is 4. The highest BCUT2D eigenvalue weighted by Gasteiger charge is 2.45. The minimum atomic E-state index is -0.327. The number of anilines is 2. The highest BCUT2D eigenvalue weighted by Crippen LogP contribution is 2.58. The van der Waals surface area contributed by atoms with Gasteiger partial charge in [0, 0.05) is 44.0 Å². The van der Waals surface area contributed by atoms with E-state index >= 15 is 19.2 Å². The standard InChI is InChI=1S/C120H126N2O5/c1-18-22-25-27-29-31-64-120(65-32-30-28-26-23-19-2)101-67-75(41-49-84(101)85-50-46-78(68-102(85)120)82-52-53-90-94-57-61-98-111-96(59-55-92(109(94)111)88-39-34-37-86(82)107(88)90)113(124)122(115(98)126)104-71-81(117(9,10)11)48-63-100(104)119(15,16)17)40-42-77-69-105(127-72-74(21-4)35-24-20-3)79(66-73(77)5)44-43-76-45-51-89-93-56-60-97-110-95(58-54-91(108(93)110)87-38-33-36-83(76)106(87)89)112(123)121(114(97)125)103-70-80(116(6,7)8)47-62-99(103)118(12,13)14/h33-34,36-63,66-71,74H,18-32,35,64-65,72H2,1-17H3/b42-40+,44-43+. The van der Waals surface area contributed by atoms with Gasteiger partial charge in [0.15, 0.2) is 0 Å². The number of imide groups is 2. The Labute approximate surface area is 752 Å². The van der Waals surface area contributed by atoms with Crippen LogP contribution in [-0.4, -0.2) is 30.2 Å². The van der Waals surface area contributed by atoms with Gasteiger partial charge in [-0.05, 0) is 262 Å². The molecule has 15 aromatic carbocycles. The SMILES string of the molecule is CCCCCCCCC1(CCCCCCCC)c2cc(/C=C/c3cc(OCC(CC)CCCC)c(/C=C/c4ccc5c6ccc7c8c(ccc(c9cccc4c95)c86)C(=O)N(c4cc(C(C)(C)C)ccc4C(C)(C)C)C7=O)cc3C)ccc2-c2ccc(-c3ccc4c5ccc6c7c(ccc(c8cccc3c84)c75)C(=O)N(c3cc(C(C)(C)C)ccc3C(C)(C)C)C6=O)cc21. The summed E-state index contributed by atoms with van der Waals surface area (Å²) in [5.74, 6) is 0.161. The molecule has 7 heteroatoms. The Hall–Kier alpha value is -11.5. The molecule has 1 aliphatic carbocycles. The molecule has 18 rings (SSSR count). The highest BCUT2D eigenvalue weighted by molar-refractivity contribution is 6.44. The average molecular weight is 1680 g/mol. The molecule has 0 radical (unpaired) electrons. The van der Waals surface area contributed by atoms with Crippen LogP contribution in [0.5, 0.6) is 5.75 Å². The lowest BCUT2D eigenvalue weighted by Crippen LogP contribution is -2.42. The lowest BCUT2D eigenvalue weighted by Gasteiger charge is -2.34. The molecule has 2 heterocycles. The Kier molecular flexibility index (Phi) is 22.8. The van der Waals surface area contributed by atoms with E-state index in [-0.39, 0.29) is 50.7 Å². The number of unbranched alkanes of at least 4 members (excludes halogenated alkanes) is 11. The van der Waals surface area contributed by atoms with Gasteiger partial charge >= 0.3 is 0 Å². The van der Waals surface area contributed by atoms with Gasteiger partial charge in [-0.2, -0.15) is 0 Å². The second kappa shape index (κ2) is 33.6. The van der Waals surface area contributed by atoms with Crippen LogP contribution >= 0.6 is 0 Å². The van der Waals surface area contributed by atoms with Gasteiger partial charge in [0.1, 0.15) is 5.75 Å². The molecule has 1 atom stereocenters. The van der Waals surface area contributed by atoms with Gasteiger partial charge in [-0.15, -0.1) is 0 Å². The Balaban J connectivity index is 0.696. The molecule has 0 bridgehead atoms. The first-order valence-corrected chi connectivity index (χ1v) is 47.8. The zero-order valence-electron chi connectivity index (χ0n) is 78.2. The van der Waals surface area contributed by atoms with Crippen molar-refractivity contribution in [3.8, 4) is 28.0 Å². The first kappa shape index (κ1) is 86.2. The zero-order valence-corrected chi connectivity index (χ0v) is 78.2. The lowest BCUT2D eigenvalue weighted by atomic mass is 9.70. The van der Waals surface area contributed by atoms with Crippen molar-refractivity contribution in [3.63, 3.8) is 0 Å². The maximum Gasteiger partial charge on any atom is 0.265 e. The molecule has 0 fully saturated rings. The molecule has 3 aliphatic rings. The summed E-state index contributed by atoms with van der Waals surface area (Å²) in [7, 11) is 0. The fraction of sp³-hybridized carbons (Fsp3) is 0.350. The Morgan fingerprint density at radius 1 is 0.339 bits per heavy atom. The van der Waals surface area contributed by atoms with E-state index in [0.29, 0.717) is 46.2 Å². The van der Waals surface area contributed by atoms with Gasteiger partial charge in [0.2, 0.25) is 0 Å². The molecule has 0 N–H and O–H groups in total. The van der Waals surface area contributed by atoms with E-state index in [1.54, 1.807) is 0 Å². The third-order valence-corrected chi connectivity index (χ3v) is 29.1. The molecule has 0 saturated heterocycles. The van der Waals surface area contributed by atoms with Crippen molar-refractivity contribution in [3.05, 3.63) is 278 Å². The van der Waals surface area contributed by atoms with Crippen LogP contribution in [0.25, 0.3) is 133 Å². The molecule has 0 aromatic heterocycles. The normalized spacial score (nSPS) is 14.6. The van der Waals surface area contributed by atoms with Gasteiger partial charge in [-0.1, -0.05) is 371 Å². The van der Waals surface area contributed by atoms with Crippen LogP contribution in [0.3, 0.4) is 0 Å². The van der Waals surface area contributed by atoms with E-state index in [0.717, 1.165) is 165 Å². The quantitative estimate of drug-likeness (QED) is 0.0160. The van der Waals surface area contributed by atoms with Crippen LogP contribution in [0, 0.1) is 12.8 Å². The number of aryl methyl sites for hydroxylation is 1. The Morgan fingerprint density at radius 2 is 0.748 bits per heavy atom. The molecular formula is C120H126N2O5. The van der Waals surface area contributed by atoms with Gasteiger partial charge in [-0.25, -0.2) is 9.80 Å². The molecule has 127 heavy (non-hydrogen) atoms. The summed E-state index contributed by atoms with van der Waals surface area (Å²) in [6, 6.07) is 71.0. The van der Waals surface area contributed by atoms with Crippen molar-refractivity contribution in [2.45, 2.75) is 260 Å². The number of hydrogen-bond donors (Lipinski definition) is 0. The summed E-state index contributed by atoms with van der Waals surface area (Å²) >= 11 is 0. The van der Waals surface area contributed by atoms with Crippen LogP contribution < -0.4 is 14.5 Å². The van der Waals surface area contributed by atoms with Crippen LogP contribution in [0.1, 0.15) is 329 Å². The Bertz CT molecular complexity index is 6830. The van der Waals surface area contributed by atoms with Crippen molar-refractivity contribution in [2.24, 2.45) is 5.92 Å². The number of benzene rings is 15. The Morgan fingerprint density at radius 3 is 1.24 bits per heavy atom. The van der Waals surface area contributed by atoms with Crippen LogP contribution in [0.4, 0.5) is 11.4 Å². The molecule has 1 unspecified atom stereocenters. The molecule has 0 saturated carbocycles. The zero-order chi connectivity index (χ0) is 89.1. The molecule has 4 amide bonds. The fourth-order valence-electron chi connectivity index (χ4n) is 22.0. The summed E-state index contributed by atoms with van der Waals surface area (Å²) in [6.45, 7) is 38.0. The topological polar surface area (TPSA) is 84.0 Å². The summed E-state index contributed by atoms with van der Waals surface area (Å²) in [5.41, 5.74) is 20.0. The van der Waals surface area contributed by atoms with Crippen molar-refractivity contribution < 1.29 is 23.9 Å². The lowest BCUT2D eigenvalue weighted by molar-refractivity contribution is 0.0877. The maximum absolute atomic E-state index is 15.3. The largest absolute Gasteiger partial charge is 0.493 e. The van der Waals surface area contributed by atoms with Crippen LogP contribution in [-0.2, 0) is 27.1 Å². The molecule has 15 aromatic rings. The molecule has 2 aliphatic heterocycles. The number of fused-ring (bicyclic) bond motifs is 7. The number of hydrogen-bond acceptors (Lipinski definition) is 5. The van der Waals surface area contributed by atoms with Gasteiger partial charge < -0.3 is 4.74 Å². The van der Waals surface area contributed by atoms with Gasteiger partial charge in [0.05, 0.1) is 18.0 Å². The van der Waals surface area contributed by atoms with Crippen LogP contribution in [0.2, 0.25) is 0 Å². The number of carbonyl (C=O) groups is 4. The van der Waals surface area contributed by atoms with Crippen molar-refractivity contribution in [1.29, 1.82) is 0 Å². The van der Waals surface area contributed by atoms with E-state index in [1.165, 1.54) is 136 Å². The van der Waals surface area contributed by atoms with Crippen molar-refractivity contribution >= 4 is 145 Å². The molecule has 7 nitrogen and oxygen atoms in total. The summed E-state index contributed by atoms with van der Waals surface area (Å²) < 4.78 is 7.13. The number of amides is 4. The summed E-state index contributed by atoms with van der Waals surface area (Å²) in [4.78, 5) is 64.0. The predicted molar refractivity (Wildman–Crippen MR) is 541 cm³/mol. The molecule has 0 spiro atoms. The second-order valence-electron chi connectivity index (χ2n) is 41.6. The van der Waals surface area contributed by atoms with E-state index in [4.69, 9.17) is 4.74 Å². The highest BCUT2D eigenvalue weighted by atomic mass is 16.5. The molecular weight excluding hydrogens is 1550 g/mol. The van der Waals surface area contributed by atoms with Crippen molar-refractivity contribution in [2.75, 3.05) is 16.4 Å². The minimum Gasteiger partial charge on any atom is -0.493 e. The first-order chi connectivity index (χ1) is 61.0. The summed E-state index contributed by atoms with van der Waals surface area (Å²) in [6.07, 6.45) is 30.7. The van der Waals surface area contributed by atoms with E-state index in [9.17, 15) is 0 Å². The number of nitrogens with zero attached hydrogens (tertiary/aromatic N) is 2. The third kappa shape index (κ3) is 15.1. The van der Waals surface area contributed by atoms with Crippen molar-refractivity contribution in [1.82, 2.24) is 0 Å². The van der Waals surface area contributed by atoms with Gasteiger partial charge in [-0.3, -0.25) is 19.2 Å². The third-order valence-electron chi connectivity index (χ3n) is 29.1. The van der Waals surface area contributed by atoms with E-state index < -0.39 is 0 Å². The van der Waals surface area contributed by atoms with E-state index in [2.05, 4.69) is 312 Å². The fourth-order valence-corrected chi connectivity index (χ4v) is 22.0. The number of ether oxygens (including phenoxy) is 1. The second-order valence-corrected chi connectivity index (χ2v) is 41.6. The predicted octanol–water partition coefficient (Wildman–Crippen LogP) is 33.3. The summed E-state index contributed by atoms with van der Waals surface area (Å²) in [5, 5.41) is 16.7. The first-order valence-electron chi connectivity index (χ1n) is 47.8. The smallest absolute Gasteiger partial charge is 0.265 e.